The number of urea groups is 1. The van der Waals surface area contributed by atoms with Gasteiger partial charge in [0.2, 0.25) is 0 Å². The number of rotatable bonds is 8. The molecule has 4 atom stereocenters. The van der Waals surface area contributed by atoms with Crippen LogP contribution in [0.5, 0.6) is 0 Å². The van der Waals surface area contributed by atoms with Crippen LogP contribution >= 0.6 is 0 Å². The Morgan fingerprint density at radius 1 is 0.622 bits per heavy atom. The largest absolute Gasteiger partial charge is 0.342 e. The molecule has 2 aliphatic heterocycles. The number of hydrogen-bond donors (Lipinski definition) is 0. The normalized spacial score (nSPS) is 22.3. The van der Waals surface area contributed by atoms with E-state index in [9.17, 15) is 10.5 Å². The Morgan fingerprint density at radius 2 is 1.02 bits per heavy atom. The van der Waals surface area contributed by atoms with Gasteiger partial charge in [-0.25, -0.2) is 4.79 Å². The molecule has 0 radical (unpaired) electrons. The molecule has 0 aromatic heterocycles. The summed E-state index contributed by atoms with van der Waals surface area (Å²) in [5.74, 6) is -0.863. The van der Waals surface area contributed by atoms with Crippen LogP contribution in [0, 0.1) is 22.7 Å². The number of benzene rings is 4. The molecule has 0 saturated carbocycles. The van der Waals surface area contributed by atoms with Gasteiger partial charge in [-0.2, -0.15) is 10.5 Å². The Labute approximate surface area is 264 Å². The molecule has 7 nitrogen and oxygen atoms in total. The first-order chi connectivity index (χ1) is 21.8. The van der Waals surface area contributed by atoms with Crippen LogP contribution in [-0.4, -0.2) is 45.9 Å². The SMILES string of the molecule is CC1(C)O[C@@H]2[C@@H](O1)[C@@H](Cc1ccccc1)N(Cc1cccc(C#N)c1)C(=O)N(Cc1cccc(C#N)c1)[C@@H]2Cc1ccccc1. The molecular formula is C38H36N4O3. The maximum Gasteiger partial charge on any atom is 0.321 e. The van der Waals surface area contributed by atoms with E-state index in [1.54, 1.807) is 12.1 Å². The van der Waals surface area contributed by atoms with Crippen molar-refractivity contribution in [2.24, 2.45) is 0 Å². The number of amides is 2. The number of ether oxygens (including phenoxy) is 2. The van der Waals surface area contributed by atoms with Gasteiger partial charge < -0.3 is 19.3 Å². The number of hydrogen-bond acceptors (Lipinski definition) is 5. The summed E-state index contributed by atoms with van der Waals surface area (Å²) in [6.45, 7) is 4.46. The van der Waals surface area contributed by atoms with Crippen LogP contribution in [0.1, 0.15) is 47.2 Å². The minimum absolute atomic E-state index is 0.138. The summed E-state index contributed by atoms with van der Waals surface area (Å²) in [7, 11) is 0. The summed E-state index contributed by atoms with van der Waals surface area (Å²) in [5, 5.41) is 19.2. The predicted molar refractivity (Wildman–Crippen MR) is 170 cm³/mol. The fraction of sp³-hybridized carbons (Fsp3) is 0.289. The van der Waals surface area contributed by atoms with E-state index in [-0.39, 0.29) is 18.1 Å². The highest BCUT2D eigenvalue weighted by Crippen LogP contribution is 2.40. The van der Waals surface area contributed by atoms with E-state index in [4.69, 9.17) is 9.47 Å². The van der Waals surface area contributed by atoms with Gasteiger partial charge in [0, 0.05) is 13.1 Å². The van der Waals surface area contributed by atoms with Crippen molar-refractivity contribution >= 4 is 6.03 Å². The van der Waals surface area contributed by atoms with Crippen LogP contribution in [0.4, 0.5) is 4.79 Å². The van der Waals surface area contributed by atoms with Gasteiger partial charge in [0.05, 0.1) is 35.3 Å². The van der Waals surface area contributed by atoms with Crippen molar-refractivity contribution in [1.82, 2.24) is 9.80 Å². The van der Waals surface area contributed by atoms with Crippen molar-refractivity contribution in [2.45, 2.75) is 69.9 Å². The maximum atomic E-state index is 15.1. The molecule has 7 heteroatoms. The second-order valence-electron chi connectivity index (χ2n) is 12.2. The van der Waals surface area contributed by atoms with Crippen molar-refractivity contribution in [3.05, 3.63) is 143 Å². The Balaban J connectivity index is 1.50. The van der Waals surface area contributed by atoms with Crippen molar-refractivity contribution in [2.75, 3.05) is 0 Å². The maximum absolute atomic E-state index is 15.1. The number of nitrogens with zero attached hydrogens (tertiary/aromatic N) is 4. The topological polar surface area (TPSA) is 89.6 Å². The summed E-state index contributed by atoms with van der Waals surface area (Å²) < 4.78 is 13.5. The van der Waals surface area contributed by atoms with E-state index in [0.29, 0.717) is 37.1 Å². The Hall–Kier alpha value is -4.95. The second kappa shape index (κ2) is 13.0. The molecular weight excluding hydrogens is 560 g/mol. The standard InChI is InChI=1S/C38H36N4O3/c1-38(2)44-35-33(21-27-11-5-3-6-12-27)41(25-31-17-9-15-29(19-31)23-39)37(43)42(26-32-18-10-16-30(20-32)24-40)34(36(35)45-38)22-28-13-7-4-8-14-28/h3-20,33-36H,21-22,25-26H2,1-2H3/t33-,34-,35+,36+/m1/s1. The lowest BCUT2D eigenvalue weighted by atomic mass is 9.91. The van der Waals surface area contributed by atoms with Gasteiger partial charge in [-0.05, 0) is 73.2 Å². The fourth-order valence-corrected chi connectivity index (χ4v) is 6.62. The van der Waals surface area contributed by atoms with Crippen LogP contribution in [0.3, 0.4) is 0 Å². The highest BCUT2D eigenvalue weighted by atomic mass is 16.8. The van der Waals surface area contributed by atoms with Gasteiger partial charge in [0.1, 0.15) is 12.2 Å². The van der Waals surface area contributed by atoms with Crippen molar-refractivity contribution in [3.8, 4) is 12.1 Å². The molecule has 2 fully saturated rings. The van der Waals surface area contributed by atoms with E-state index in [1.807, 2.05) is 96.4 Å². The van der Waals surface area contributed by atoms with E-state index in [2.05, 4.69) is 36.4 Å². The average Bonchev–Trinajstić information content (AvgIpc) is 3.36. The third-order valence-corrected chi connectivity index (χ3v) is 8.61. The van der Waals surface area contributed by atoms with Gasteiger partial charge in [-0.15, -0.1) is 0 Å². The van der Waals surface area contributed by atoms with Gasteiger partial charge in [0.15, 0.2) is 5.79 Å². The molecule has 0 spiro atoms. The van der Waals surface area contributed by atoms with Gasteiger partial charge in [-0.3, -0.25) is 0 Å². The number of carbonyl (C=O) groups is 1. The zero-order valence-corrected chi connectivity index (χ0v) is 25.5. The third-order valence-electron chi connectivity index (χ3n) is 8.61. The summed E-state index contributed by atoms with van der Waals surface area (Å²) in [4.78, 5) is 18.9. The first-order valence-corrected chi connectivity index (χ1v) is 15.3. The summed E-state index contributed by atoms with van der Waals surface area (Å²) in [6.07, 6.45) is 0.293. The molecule has 2 heterocycles. The lowest BCUT2D eigenvalue weighted by molar-refractivity contribution is -0.157. The lowest BCUT2D eigenvalue weighted by Gasteiger charge is -2.37. The molecule has 226 valence electrons. The second-order valence-corrected chi connectivity index (χ2v) is 12.2. The van der Waals surface area contributed by atoms with E-state index >= 15 is 4.79 Å². The first kappa shape index (κ1) is 30.1. The van der Waals surface area contributed by atoms with E-state index < -0.39 is 18.0 Å². The molecule has 0 unspecified atom stereocenters. The molecule has 2 amide bonds. The minimum Gasteiger partial charge on any atom is -0.342 e. The summed E-state index contributed by atoms with van der Waals surface area (Å²) in [6, 6.07) is 38.8. The third kappa shape index (κ3) is 6.76. The van der Waals surface area contributed by atoms with Crippen LogP contribution < -0.4 is 0 Å². The highest BCUT2D eigenvalue weighted by molar-refractivity contribution is 5.76. The zero-order chi connectivity index (χ0) is 31.4. The molecule has 0 N–H and O–H groups in total. The van der Waals surface area contributed by atoms with Crippen LogP contribution in [0.15, 0.2) is 109 Å². The van der Waals surface area contributed by atoms with Gasteiger partial charge in [0.25, 0.3) is 0 Å². The first-order valence-electron chi connectivity index (χ1n) is 15.3. The van der Waals surface area contributed by atoms with Gasteiger partial charge >= 0.3 is 6.03 Å². The molecule has 2 saturated heterocycles. The molecule has 2 aliphatic rings. The Kier molecular flexibility index (Phi) is 8.67. The molecule has 4 aromatic rings. The average molecular weight is 597 g/mol. The summed E-state index contributed by atoms with van der Waals surface area (Å²) >= 11 is 0. The quantitative estimate of drug-likeness (QED) is 0.228. The van der Waals surface area contributed by atoms with E-state index in [0.717, 1.165) is 22.3 Å². The highest BCUT2D eigenvalue weighted by Gasteiger charge is 2.55. The fourth-order valence-electron chi connectivity index (χ4n) is 6.62. The number of nitriles is 2. The molecule has 45 heavy (non-hydrogen) atoms. The molecule has 6 rings (SSSR count). The smallest absolute Gasteiger partial charge is 0.321 e. The van der Waals surface area contributed by atoms with E-state index in [1.165, 1.54) is 0 Å². The summed E-state index contributed by atoms with van der Waals surface area (Å²) in [5.41, 5.74) is 4.99. The predicted octanol–water partition coefficient (Wildman–Crippen LogP) is 6.61. The minimum atomic E-state index is -0.863. The molecule has 0 bridgehead atoms. The van der Waals surface area contributed by atoms with Crippen molar-refractivity contribution < 1.29 is 14.3 Å². The van der Waals surface area contributed by atoms with Crippen molar-refractivity contribution in [3.63, 3.8) is 0 Å². The number of carbonyl (C=O) groups excluding carboxylic acids is 1. The van der Waals surface area contributed by atoms with Crippen LogP contribution in [0.2, 0.25) is 0 Å². The Morgan fingerprint density at radius 3 is 1.42 bits per heavy atom. The van der Waals surface area contributed by atoms with Crippen LogP contribution in [0.25, 0.3) is 0 Å². The number of fused-ring (bicyclic) bond motifs is 1. The zero-order valence-electron chi connectivity index (χ0n) is 25.5. The van der Waals surface area contributed by atoms with Gasteiger partial charge in [-0.1, -0.05) is 84.9 Å². The Bertz CT molecular complexity index is 1600. The van der Waals surface area contributed by atoms with Crippen molar-refractivity contribution in [1.29, 1.82) is 10.5 Å². The molecule has 0 aliphatic carbocycles. The molecule has 4 aromatic carbocycles. The van der Waals surface area contributed by atoms with Crippen LogP contribution in [-0.2, 0) is 35.4 Å². The monoisotopic (exact) mass is 596 g/mol. The lowest BCUT2D eigenvalue weighted by Crippen LogP contribution is -2.51.